The Bertz CT molecular complexity index is 1080. The molecule has 0 spiro atoms. The molecular formula is C23H23N3O4S2. The minimum Gasteiger partial charge on any atom is -0.481 e. The number of thiocarbonyl (C=S) groups is 1. The van der Waals surface area contributed by atoms with Crippen molar-refractivity contribution < 1.29 is 19.5 Å². The van der Waals surface area contributed by atoms with E-state index in [2.05, 4.69) is 10.3 Å². The van der Waals surface area contributed by atoms with E-state index in [0.717, 1.165) is 12.0 Å². The van der Waals surface area contributed by atoms with Crippen molar-refractivity contribution in [3.8, 4) is 11.3 Å². The Hall–Kier alpha value is -3.04. The van der Waals surface area contributed by atoms with Crippen LogP contribution in [0.15, 0.2) is 47.4 Å². The molecule has 2 amide bonds. The minimum atomic E-state index is -0.811. The summed E-state index contributed by atoms with van der Waals surface area (Å²) >= 11 is 6.60. The van der Waals surface area contributed by atoms with Crippen molar-refractivity contribution in [3.05, 3.63) is 58.6 Å². The van der Waals surface area contributed by atoms with E-state index in [0.29, 0.717) is 45.6 Å². The van der Waals surface area contributed by atoms with E-state index >= 15 is 0 Å². The zero-order chi connectivity index (χ0) is 23.1. The smallest absolute Gasteiger partial charge is 0.303 e. The fourth-order valence-electron chi connectivity index (χ4n) is 3.21. The first kappa shape index (κ1) is 23.6. The molecule has 1 fully saturated rings. The lowest BCUT2D eigenvalue weighted by Crippen LogP contribution is -2.29. The van der Waals surface area contributed by atoms with Crippen molar-refractivity contribution >= 4 is 52.2 Å². The van der Waals surface area contributed by atoms with E-state index in [4.69, 9.17) is 17.3 Å². The van der Waals surface area contributed by atoms with Crippen LogP contribution in [0, 0.1) is 0 Å². The Morgan fingerprint density at radius 3 is 2.72 bits per heavy atom. The quantitative estimate of drug-likeness (QED) is 0.326. The number of aromatic nitrogens is 1. The maximum Gasteiger partial charge on any atom is 0.303 e. The molecular weight excluding hydrogens is 446 g/mol. The van der Waals surface area contributed by atoms with Gasteiger partial charge in [0.1, 0.15) is 4.32 Å². The summed E-state index contributed by atoms with van der Waals surface area (Å²) in [5.41, 5.74) is 2.66. The first-order valence-electron chi connectivity index (χ1n) is 10.2. The summed E-state index contributed by atoms with van der Waals surface area (Å²) in [4.78, 5) is 42.0. The van der Waals surface area contributed by atoms with Gasteiger partial charge in [-0.05, 0) is 43.2 Å². The van der Waals surface area contributed by atoms with E-state index in [1.807, 2.05) is 24.3 Å². The molecule has 2 heterocycles. The minimum absolute atomic E-state index is 0.131. The summed E-state index contributed by atoms with van der Waals surface area (Å²) in [6.45, 7) is 0.474. The molecule has 2 aromatic rings. The van der Waals surface area contributed by atoms with Gasteiger partial charge < -0.3 is 10.4 Å². The number of carboxylic acids is 1. The number of carbonyl (C=O) groups is 3. The Balaban J connectivity index is 1.71. The number of hydrogen-bond donors (Lipinski definition) is 2. The third-order valence-electron chi connectivity index (χ3n) is 4.84. The average Bonchev–Trinajstić information content (AvgIpc) is 3.05. The Kier molecular flexibility index (Phi) is 8.13. The van der Waals surface area contributed by atoms with Gasteiger partial charge in [-0.1, -0.05) is 48.6 Å². The molecule has 7 nitrogen and oxygen atoms in total. The number of nitrogens with one attached hydrogen (secondary N) is 1. The van der Waals surface area contributed by atoms with Crippen LogP contribution in [0.2, 0.25) is 0 Å². The molecule has 0 radical (unpaired) electrons. The van der Waals surface area contributed by atoms with Crippen LogP contribution in [0.25, 0.3) is 17.3 Å². The highest BCUT2D eigenvalue weighted by Crippen LogP contribution is 2.33. The standard InChI is InChI=1S/C23H23N3O4S2/c1-24-21(29)16-8-5-7-15(13-16)18-10-6-9-17(25-18)14-19-22(30)26(23(31)32-19)12-4-2-3-11-20(27)28/h5-10,13-14H,2-4,11-12H2,1H3,(H,24,29)(H,27,28)/b19-14-. The second-order valence-electron chi connectivity index (χ2n) is 7.15. The highest BCUT2D eigenvalue weighted by Gasteiger charge is 2.31. The van der Waals surface area contributed by atoms with E-state index in [1.165, 1.54) is 11.8 Å². The van der Waals surface area contributed by atoms with E-state index in [9.17, 15) is 14.4 Å². The van der Waals surface area contributed by atoms with E-state index < -0.39 is 5.97 Å². The lowest BCUT2D eigenvalue weighted by atomic mass is 10.1. The van der Waals surface area contributed by atoms with Crippen LogP contribution in [0.4, 0.5) is 0 Å². The first-order valence-corrected chi connectivity index (χ1v) is 11.4. The van der Waals surface area contributed by atoms with Gasteiger partial charge >= 0.3 is 5.97 Å². The van der Waals surface area contributed by atoms with Gasteiger partial charge in [0.15, 0.2) is 0 Å². The molecule has 0 atom stereocenters. The van der Waals surface area contributed by atoms with Crippen molar-refractivity contribution in [2.24, 2.45) is 0 Å². The number of pyridine rings is 1. The van der Waals surface area contributed by atoms with Gasteiger partial charge in [-0.15, -0.1) is 0 Å². The number of unbranched alkanes of at least 4 members (excludes halogenated alkanes) is 2. The molecule has 1 saturated heterocycles. The fraction of sp³-hybridized carbons (Fsp3) is 0.261. The molecule has 0 saturated carbocycles. The predicted molar refractivity (Wildman–Crippen MR) is 129 cm³/mol. The monoisotopic (exact) mass is 469 g/mol. The zero-order valence-corrected chi connectivity index (χ0v) is 19.2. The summed E-state index contributed by atoms with van der Waals surface area (Å²) < 4.78 is 0.494. The maximum absolute atomic E-state index is 12.8. The summed E-state index contributed by atoms with van der Waals surface area (Å²) in [5.74, 6) is -1.14. The molecule has 0 bridgehead atoms. The molecule has 9 heteroatoms. The Labute approximate surface area is 195 Å². The molecule has 1 aromatic heterocycles. The summed E-state index contributed by atoms with van der Waals surface area (Å²) in [6, 6.07) is 12.7. The van der Waals surface area contributed by atoms with Crippen LogP contribution in [0.3, 0.4) is 0 Å². The number of carboxylic acid groups (broad SMARTS) is 1. The average molecular weight is 470 g/mol. The summed E-state index contributed by atoms with van der Waals surface area (Å²) in [7, 11) is 1.58. The Morgan fingerprint density at radius 2 is 1.97 bits per heavy atom. The number of aliphatic carboxylic acids is 1. The normalized spacial score (nSPS) is 14.8. The van der Waals surface area contributed by atoms with E-state index in [-0.39, 0.29) is 18.2 Å². The number of hydrogen-bond acceptors (Lipinski definition) is 6. The molecule has 3 rings (SSSR count). The molecule has 32 heavy (non-hydrogen) atoms. The Morgan fingerprint density at radius 1 is 1.19 bits per heavy atom. The van der Waals surface area contributed by atoms with Gasteiger partial charge in [-0.25, -0.2) is 4.98 Å². The topological polar surface area (TPSA) is 99.6 Å². The lowest BCUT2D eigenvalue weighted by molar-refractivity contribution is -0.137. The summed E-state index contributed by atoms with van der Waals surface area (Å²) in [5, 5.41) is 11.3. The van der Waals surface area contributed by atoms with Crippen molar-refractivity contribution in [2.75, 3.05) is 13.6 Å². The molecule has 0 aliphatic carbocycles. The van der Waals surface area contributed by atoms with Gasteiger partial charge in [0.25, 0.3) is 11.8 Å². The molecule has 2 N–H and O–H groups in total. The predicted octanol–water partition coefficient (Wildman–Crippen LogP) is 3.95. The lowest BCUT2D eigenvalue weighted by Gasteiger charge is -2.13. The summed E-state index contributed by atoms with van der Waals surface area (Å²) in [6.07, 6.45) is 3.85. The number of benzene rings is 1. The highest BCUT2D eigenvalue weighted by molar-refractivity contribution is 8.26. The van der Waals surface area contributed by atoms with Gasteiger partial charge in [0.2, 0.25) is 0 Å². The second-order valence-corrected chi connectivity index (χ2v) is 8.82. The second kappa shape index (κ2) is 11.0. The van der Waals surface area contributed by atoms with Crippen LogP contribution >= 0.6 is 24.0 Å². The maximum atomic E-state index is 12.8. The molecule has 0 unspecified atom stereocenters. The SMILES string of the molecule is CNC(=O)c1cccc(-c2cccc(/C=C3\SC(=S)N(CCCCCC(=O)O)C3=O)n2)c1. The van der Waals surface area contributed by atoms with Crippen LogP contribution < -0.4 is 5.32 Å². The molecule has 1 aliphatic heterocycles. The van der Waals surface area contributed by atoms with Crippen LogP contribution in [-0.2, 0) is 9.59 Å². The zero-order valence-electron chi connectivity index (χ0n) is 17.5. The van der Waals surface area contributed by atoms with Gasteiger partial charge in [-0.3, -0.25) is 19.3 Å². The first-order chi connectivity index (χ1) is 15.4. The highest BCUT2D eigenvalue weighted by atomic mass is 32.2. The van der Waals surface area contributed by atoms with Gasteiger partial charge in [-0.2, -0.15) is 0 Å². The van der Waals surface area contributed by atoms with Crippen molar-refractivity contribution in [1.82, 2.24) is 15.2 Å². The number of rotatable bonds is 9. The van der Waals surface area contributed by atoms with Crippen LogP contribution in [0.1, 0.15) is 41.7 Å². The van der Waals surface area contributed by atoms with Crippen molar-refractivity contribution in [1.29, 1.82) is 0 Å². The molecule has 166 valence electrons. The number of nitrogens with zero attached hydrogens (tertiary/aromatic N) is 2. The molecule has 1 aliphatic rings. The third-order valence-corrected chi connectivity index (χ3v) is 6.22. The van der Waals surface area contributed by atoms with Crippen molar-refractivity contribution in [3.63, 3.8) is 0 Å². The van der Waals surface area contributed by atoms with Gasteiger partial charge in [0.05, 0.1) is 16.3 Å². The number of carbonyl (C=O) groups excluding carboxylic acids is 2. The number of amides is 2. The van der Waals surface area contributed by atoms with Crippen LogP contribution in [-0.4, -0.2) is 50.7 Å². The molecule has 1 aromatic carbocycles. The fourth-order valence-corrected chi connectivity index (χ4v) is 4.50. The van der Waals surface area contributed by atoms with Gasteiger partial charge in [0, 0.05) is 31.1 Å². The van der Waals surface area contributed by atoms with E-state index in [1.54, 1.807) is 36.2 Å². The number of thioether (sulfide) groups is 1. The van der Waals surface area contributed by atoms with Crippen molar-refractivity contribution in [2.45, 2.75) is 25.7 Å². The largest absolute Gasteiger partial charge is 0.481 e. The third kappa shape index (κ3) is 6.02. The van der Waals surface area contributed by atoms with Crippen LogP contribution in [0.5, 0.6) is 0 Å².